The van der Waals surface area contributed by atoms with E-state index in [1.807, 2.05) is 19.0 Å². The van der Waals surface area contributed by atoms with Crippen LogP contribution in [0.2, 0.25) is 0 Å². The fraction of sp³-hybridized carbons (Fsp3) is 0.333. The van der Waals surface area contributed by atoms with Crippen molar-refractivity contribution >= 4 is 34.0 Å². The van der Waals surface area contributed by atoms with Gasteiger partial charge in [0, 0.05) is 31.6 Å². The van der Waals surface area contributed by atoms with E-state index in [4.69, 9.17) is 0 Å². The normalized spacial score (nSPS) is 13.1. The van der Waals surface area contributed by atoms with E-state index in [-0.39, 0.29) is 63.5 Å². The third kappa shape index (κ3) is 5.20. The predicted octanol–water partition coefficient (Wildman–Crippen LogP) is 3.28. The summed E-state index contributed by atoms with van der Waals surface area (Å²) in [6.45, 7) is 3.75. The minimum absolute atomic E-state index is 0.0331. The molecule has 1 amide bonds. The molecule has 0 aliphatic heterocycles. The van der Waals surface area contributed by atoms with Crippen LogP contribution >= 0.6 is 0 Å². The number of aromatic nitrogens is 3. The number of amides is 1. The second kappa shape index (κ2) is 10.9. The molecule has 42 heavy (non-hydrogen) atoms. The molecule has 2 aromatic heterocycles. The van der Waals surface area contributed by atoms with Gasteiger partial charge in [-0.25, -0.2) is 9.18 Å². The van der Waals surface area contributed by atoms with Gasteiger partial charge in [0.25, 0.3) is 11.1 Å². The summed E-state index contributed by atoms with van der Waals surface area (Å²) in [6.07, 6.45) is 1.43. The first-order chi connectivity index (χ1) is 19.9. The highest BCUT2D eigenvalue weighted by atomic mass is 19.1. The van der Waals surface area contributed by atoms with Crippen molar-refractivity contribution in [3.8, 4) is 11.4 Å². The van der Waals surface area contributed by atoms with Crippen LogP contribution < -0.4 is 27.4 Å². The molecule has 5 rings (SSSR count). The number of rotatable bonds is 8. The highest BCUT2D eigenvalue weighted by Gasteiger charge is 2.32. The number of anilines is 3. The lowest BCUT2D eigenvalue weighted by molar-refractivity contribution is -0.116. The number of benzene rings is 2. The van der Waals surface area contributed by atoms with E-state index in [0.717, 1.165) is 4.57 Å². The number of carbonyl (C=O) groups is 1. The summed E-state index contributed by atoms with van der Waals surface area (Å²) in [7, 11) is 5.14. The monoisotopic (exact) mass is 576 g/mol. The van der Waals surface area contributed by atoms with E-state index < -0.39 is 22.6 Å². The van der Waals surface area contributed by atoms with Crippen molar-refractivity contribution in [2.45, 2.75) is 39.2 Å². The number of carbonyl (C=O) groups excluding carboxylic acids is 1. The van der Waals surface area contributed by atoms with E-state index in [1.54, 1.807) is 13.0 Å². The van der Waals surface area contributed by atoms with Crippen molar-refractivity contribution in [2.24, 2.45) is 7.05 Å². The summed E-state index contributed by atoms with van der Waals surface area (Å²) in [6, 6.07) is 8.44. The Morgan fingerprint density at radius 1 is 1.05 bits per heavy atom. The standard InChI is InChI=1S/C30H33FN6O5/c1-16-6-10-21(20(31)14-16)33-27-25-26(17(2)28(40)35(27)5)36(30(42)37(29(25)41)18-7-8-18)19-9-11-23(38)22(15-19)32-24(39)12-13-34(3)4/h6,9-11,14-15,18,33,38H,7-8,12-13H2,1-5H3,(H,32,39). The van der Waals surface area contributed by atoms with Gasteiger partial charge in [-0.15, -0.1) is 0 Å². The van der Waals surface area contributed by atoms with E-state index >= 15 is 0 Å². The largest absolute Gasteiger partial charge is 0.506 e. The Morgan fingerprint density at radius 3 is 2.40 bits per heavy atom. The summed E-state index contributed by atoms with van der Waals surface area (Å²) < 4.78 is 18.5. The maximum atomic E-state index is 14.9. The van der Waals surface area contributed by atoms with Crippen LogP contribution in [0, 0.1) is 19.7 Å². The third-order valence-electron chi connectivity index (χ3n) is 7.43. The second-order valence-corrected chi connectivity index (χ2v) is 11.0. The third-order valence-corrected chi connectivity index (χ3v) is 7.43. The number of phenolic OH excluding ortho intramolecular Hbond substituents is 1. The smallest absolute Gasteiger partial charge is 0.336 e. The molecule has 0 unspecified atom stereocenters. The van der Waals surface area contributed by atoms with E-state index in [9.17, 15) is 28.7 Å². The molecule has 2 aromatic carbocycles. The van der Waals surface area contributed by atoms with Gasteiger partial charge in [-0.3, -0.25) is 28.1 Å². The van der Waals surface area contributed by atoms with Crippen molar-refractivity contribution in [2.75, 3.05) is 31.3 Å². The van der Waals surface area contributed by atoms with Crippen LogP contribution in [0.5, 0.6) is 5.75 Å². The van der Waals surface area contributed by atoms with Gasteiger partial charge in [-0.1, -0.05) is 6.07 Å². The quantitative estimate of drug-likeness (QED) is 0.275. The minimum Gasteiger partial charge on any atom is -0.506 e. The average molecular weight is 577 g/mol. The molecular weight excluding hydrogens is 543 g/mol. The number of pyridine rings is 1. The van der Waals surface area contributed by atoms with Crippen molar-refractivity contribution in [1.29, 1.82) is 0 Å². The molecule has 0 radical (unpaired) electrons. The molecule has 220 valence electrons. The molecular formula is C30H33FN6O5. The molecule has 0 bridgehead atoms. The molecule has 1 fully saturated rings. The maximum Gasteiger partial charge on any atom is 0.336 e. The molecule has 0 saturated heterocycles. The number of hydrogen-bond acceptors (Lipinski definition) is 7. The van der Waals surface area contributed by atoms with Crippen molar-refractivity contribution in [3.63, 3.8) is 0 Å². The molecule has 0 atom stereocenters. The Balaban J connectivity index is 1.79. The first-order valence-corrected chi connectivity index (χ1v) is 13.6. The van der Waals surface area contributed by atoms with Gasteiger partial charge in [-0.2, -0.15) is 0 Å². The van der Waals surface area contributed by atoms with Gasteiger partial charge < -0.3 is 20.6 Å². The van der Waals surface area contributed by atoms with Crippen LogP contribution in [-0.2, 0) is 11.8 Å². The number of fused-ring (bicyclic) bond motifs is 1. The van der Waals surface area contributed by atoms with Crippen LogP contribution in [-0.4, -0.2) is 50.3 Å². The number of nitrogens with one attached hydrogen (secondary N) is 2. The SMILES string of the molecule is Cc1ccc(Nc2c3c(=O)n(C4CC4)c(=O)n(-c4ccc(O)c(NC(=O)CCN(C)C)c4)c3c(C)c(=O)n2C)c(F)c1. The average Bonchev–Trinajstić information content (AvgIpc) is 3.76. The predicted molar refractivity (Wildman–Crippen MR) is 160 cm³/mol. The van der Waals surface area contributed by atoms with Crippen LogP contribution in [0.25, 0.3) is 16.6 Å². The zero-order chi connectivity index (χ0) is 30.5. The summed E-state index contributed by atoms with van der Waals surface area (Å²) in [4.78, 5) is 55.8. The van der Waals surface area contributed by atoms with Crippen molar-refractivity contribution in [1.82, 2.24) is 18.6 Å². The molecule has 11 nitrogen and oxygen atoms in total. The Labute approximate surface area is 240 Å². The fourth-order valence-electron chi connectivity index (χ4n) is 5.01. The number of halogens is 1. The first-order valence-electron chi connectivity index (χ1n) is 13.6. The lowest BCUT2D eigenvalue weighted by atomic mass is 10.1. The molecule has 4 aromatic rings. The Kier molecular flexibility index (Phi) is 7.50. The van der Waals surface area contributed by atoms with Gasteiger partial charge in [0.15, 0.2) is 0 Å². The van der Waals surface area contributed by atoms with Gasteiger partial charge in [0.05, 0.1) is 22.6 Å². The summed E-state index contributed by atoms with van der Waals surface area (Å²) in [5, 5.41) is 16.2. The number of hydrogen-bond donors (Lipinski definition) is 3. The maximum absolute atomic E-state index is 14.9. The molecule has 1 saturated carbocycles. The van der Waals surface area contributed by atoms with Crippen LogP contribution in [0.3, 0.4) is 0 Å². The molecule has 0 spiro atoms. The lowest BCUT2D eigenvalue weighted by Gasteiger charge is -2.21. The summed E-state index contributed by atoms with van der Waals surface area (Å²) >= 11 is 0. The Morgan fingerprint density at radius 2 is 1.76 bits per heavy atom. The number of aromatic hydroxyl groups is 1. The number of aryl methyl sites for hydroxylation is 2. The zero-order valence-electron chi connectivity index (χ0n) is 24.1. The van der Waals surface area contributed by atoms with Gasteiger partial charge in [0.2, 0.25) is 5.91 Å². The van der Waals surface area contributed by atoms with Crippen molar-refractivity contribution < 1.29 is 14.3 Å². The molecule has 1 aliphatic carbocycles. The van der Waals surface area contributed by atoms with Crippen molar-refractivity contribution in [3.05, 3.63) is 84.5 Å². The minimum atomic E-state index is -0.658. The summed E-state index contributed by atoms with van der Waals surface area (Å²) in [5.41, 5.74) is -0.519. The fourth-order valence-corrected chi connectivity index (χ4v) is 5.01. The molecule has 12 heteroatoms. The topological polar surface area (TPSA) is 131 Å². The highest BCUT2D eigenvalue weighted by Crippen LogP contribution is 2.35. The first kappa shape index (κ1) is 28.8. The van der Waals surface area contributed by atoms with Gasteiger partial charge in [-0.05, 0) is 76.7 Å². The number of phenols is 1. The Hall–Kier alpha value is -4.71. The van der Waals surface area contributed by atoms with E-state index in [2.05, 4.69) is 10.6 Å². The van der Waals surface area contributed by atoms with Crippen LogP contribution in [0.15, 0.2) is 50.8 Å². The lowest BCUT2D eigenvalue weighted by Crippen LogP contribution is -2.41. The van der Waals surface area contributed by atoms with Gasteiger partial charge in [0.1, 0.15) is 22.8 Å². The van der Waals surface area contributed by atoms with Crippen LogP contribution in [0.1, 0.15) is 36.4 Å². The molecule has 2 heterocycles. The summed E-state index contributed by atoms with van der Waals surface area (Å²) in [5.74, 6) is -1.09. The van der Waals surface area contributed by atoms with E-state index in [1.165, 1.54) is 53.4 Å². The highest BCUT2D eigenvalue weighted by molar-refractivity contribution is 5.95. The Bertz CT molecular complexity index is 1920. The van der Waals surface area contributed by atoms with E-state index in [0.29, 0.717) is 24.9 Å². The number of nitrogens with zero attached hydrogens (tertiary/aromatic N) is 4. The zero-order valence-corrected chi connectivity index (χ0v) is 24.1. The van der Waals surface area contributed by atoms with Crippen LogP contribution in [0.4, 0.5) is 21.6 Å². The second-order valence-electron chi connectivity index (χ2n) is 11.0. The van der Waals surface area contributed by atoms with Gasteiger partial charge >= 0.3 is 5.69 Å². The molecule has 3 N–H and O–H groups in total. The molecule has 1 aliphatic rings.